The van der Waals surface area contributed by atoms with E-state index in [9.17, 15) is 9.59 Å². The number of pyridine rings is 1. The van der Waals surface area contributed by atoms with Crippen molar-refractivity contribution in [3.63, 3.8) is 0 Å². The van der Waals surface area contributed by atoms with E-state index in [1.54, 1.807) is 24.5 Å². The number of nitrogens with one attached hydrogen (secondary N) is 1. The molecule has 0 fully saturated rings. The third kappa shape index (κ3) is 2.64. The first-order valence-electron chi connectivity index (χ1n) is 4.57. The van der Waals surface area contributed by atoms with Crippen molar-refractivity contribution < 1.29 is 14.7 Å². The number of carboxylic acid groups (broad SMARTS) is 1. The predicted molar refractivity (Wildman–Crippen MR) is 61.3 cm³/mol. The summed E-state index contributed by atoms with van der Waals surface area (Å²) in [4.78, 5) is 29.8. The minimum absolute atomic E-state index is 0.110. The maximum absolute atomic E-state index is 11.7. The van der Waals surface area contributed by atoms with Gasteiger partial charge in [-0.05, 0) is 12.1 Å². The Hall–Kier alpha value is -2.28. The van der Waals surface area contributed by atoms with Crippen LogP contribution in [0.25, 0.3) is 0 Å². The van der Waals surface area contributed by atoms with E-state index >= 15 is 0 Å². The molecule has 2 N–H and O–H groups in total. The fourth-order valence-corrected chi connectivity index (χ4v) is 1.78. The summed E-state index contributed by atoms with van der Waals surface area (Å²) in [5.74, 6) is -1.59. The SMILES string of the molecule is O=C(O)c1csc(C(=O)Nc2ccncc2)n1. The Kier molecular flexibility index (Phi) is 3.10. The topological polar surface area (TPSA) is 92.2 Å². The summed E-state index contributed by atoms with van der Waals surface area (Å²) in [5.41, 5.74) is 0.451. The standard InChI is InChI=1S/C10H7N3O3S/c14-8(12-6-1-3-11-4-2-6)9-13-7(5-17-9)10(15)16/h1-5H,(H,15,16)(H,11,12,14). The molecular formula is C10H7N3O3S. The molecule has 2 rings (SSSR count). The van der Waals surface area contributed by atoms with E-state index < -0.39 is 11.9 Å². The van der Waals surface area contributed by atoms with Crippen LogP contribution in [0.1, 0.15) is 20.3 Å². The summed E-state index contributed by atoms with van der Waals surface area (Å²) < 4.78 is 0. The Labute approximate surface area is 100.0 Å². The van der Waals surface area contributed by atoms with Crippen LogP contribution in [0.4, 0.5) is 5.69 Å². The highest BCUT2D eigenvalue weighted by Gasteiger charge is 2.14. The highest BCUT2D eigenvalue weighted by molar-refractivity contribution is 7.12. The number of carboxylic acids is 1. The average Bonchev–Trinajstić information content (AvgIpc) is 2.79. The molecule has 6 nitrogen and oxygen atoms in total. The van der Waals surface area contributed by atoms with Gasteiger partial charge in [0.25, 0.3) is 5.91 Å². The molecule has 86 valence electrons. The van der Waals surface area contributed by atoms with Crippen LogP contribution in [-0.2, 0) is 0 Å². The van der Waals surface area contributed by atoms with E-state index in [1.165, 1.54) is 5.38 Å². The van der Waals surface area contributed by atoms with Gasteiger partial charge in [-0.15, -0.1) is 11.3 Å². The maximum Gasteiger partial charge on any atom is 0.355 e. The Balaban J connectivity index is 2.12. The Morgan fingerprint density at radius 1 is 1.29 bits per heavy atom. The molecule has 0 saturated carbocycles. The number of anilines is 1. The second-order valence-electron chi connectivity index (χ2n) is 3.03. The second-order valence-corrected chi connectivity index (χ2v) is 3.89. The van der Waals surface area contributed by atoms with Gasteiger partial charge >= 0.3 is 5.97 Å². The summed E-state index contributed by atoms with van der Waals surface area (Å²) in [6, 6.07) is 3.26. The third-order valence-corrected chi connectivity index (χ3v) is 2.70. The number of thiazole rings is 1. The van der Waals surface area contributed by atoms with Crippen molar-refractivity contribution in [3.05, 3.63) is 40.6 Å². The highest BCUT2D eigenvalue weighted by Crippen LogP contribution is 2.12. The molecule has 0 unspecified atom stereocenters. The quantitative estimate of drug-likeness (QED) is 0.859. The molecule has 0 aromatic carbocycles. The van der Waals surface area contributed by atoms with Gasteiger partial charge in [0.1, 0.15) is 0 Å². The van der Waals surface area contributed by atoms with E-state index in [0.717, 1.165) is 11.3 Å². The highest BCUT2D eigenvalue weighted by atomic mass is 32.1. The Bertz CT molecular complexity index is 553. The lowest BCUT2D eigenvalue weighted by molar-refractivity contribution is 0.0691. The van der Waals surface area contributed by atoms with Crippen molar-refractivity contribution in [1.82, 2.24) is 9.97 Å². The summed E-state index contributed by atoms with van der Waals surface area (Å²) >= 11 is 0.986. The predicted octanol–water partition coefficient (Wildman–Crippen LogP) is 1.49. The van der Waals surface area contributed by atoms with Gasteiger partial charge < -0.3 is 10.4 Å². The minimum Gasteiger partial charge on any atom is -0.476 e. The monoisotopic (exact) mass is 249 g/mol. The Morgan fingerprint density at radius 2 is 2.00 bits per heavy atom. The normalized spacial score (nSPS) is 9.88. The number of hydrogen-bond acceptors (Lipinski definition) is 5. The van der Waals surface area contributed by atoms with Crippen LogP contribution >= 0.6 is 11.3 Å². The zero-order valence-corrected chi connectivity index (χ0v) is 9.27. The average molecular weight is 249 g/mol. The van der Waals surface area contributed by atoms with Crippen molar-refractivity contribution in [2.75, 3.05) is 5.32 Å². The lowest BCUT2D eigenvalue weighted by atomic mass is 10.4. The van der Waals surface area contributed by atoms with Crippen LogP contribution in [0.3, 0.4) is 0 Å². The van der Waals surface area contributed by atoms with Gasteiger partial charge in [-0.2, -0.15) is 0 Å². The minimum atomic E-state index is -1.15. The molecule has 1 amide bonds. The fraction of sp³-hybridized carbons (Fsp3) is 0. The largest absolute Gasteiger partial charge is 0.476 e. The summed E-state index contributed by atoms with van der Waals surface area (Å²) in [6.07, 6.45) is 3.08. The van der Waals surface area contributed by atoms with Gasteiger partial charge in [0.15, 0.2) is 10.7 Å². The molecule has 7 heteroatoms. The number of rotatable bonds is 3. The van der Waals surface area contributed by atoms with E-state index in [0.29, 0.717) is 5.69 Å². The van der Waals surface area contributed by atoms with Crippen LogP contribution in [-0.4, -0.2) is 27.0 Å². The van der Waals surface area contributed by atoms with Gasteiger partial charge in [0, 0.05) is 23.5 Å². The number of aromatic nitrogens is 2. The molecule has 0 radical (unpaired) electrons. The van der Waals surface area contributed by atoms with Crippen LogP contribution in [0.5, 0.6) is 0 Å². The molecule has 0 spiro atoms. The van der Waals surface area contributed by atoms with Crippen molar-refractivity contribution >= 4 is 28.9 Å². The zero-order valence-electron chi connectivity index (χ0n) is 8.45. The number of nitrogens with zero attached hydrogens (tertiary/aromatic N) is 2. The Morgan fingerprint density at radius 3 is 2.59 bits per heavy atom. The molecule has 0 bridgehead atoms. The molecule has 17 heavy (non-hydrogen) atoms. The molecule has 0 aliphatic carbocycles. The van der Waals surface area contributed by atoms with Crippen LogP contribution in [0.15, 0.2) is 29.9 Å². The van der Waals surface area contributed by atoms with E-state index in [2.05, 4.69) is 15.3 Å². The number of aromatic carboxylic acids is 1. The smallest absolute Gasteiger partial charge is 0.355 e. The lowest BCUT2D eigenvalue weighted by Gasteiger charge is -2.00. The number of hydrogen-bond donors (Lipinski definition) is 2. The van der Waals surface area contributed by atoms with Crippen molar-refractivity contribution in [2.45, 2.75) is 0 Å². The fourth-order valence-electron chi connectivity index (χ4n) is 1.10. The first-order valence-corrected chi connectivity index (χ1v) is 5.45. The van der Waals surface area contributed by atoms with E-state index in [1.807, 2.05) is 0 Å². The first-order chi connectivity index (χ1) is 8.16. The second kappa shape index (κ2) is 4.71. The molecular weight excluding hydrogens is 242 g/mol. The molecule has 0 aliphatic rings. The van der Waals surface area contributed by atoms with Gasteiger partial charge in [0.05, 0.1) is 0 Å². The van der Waals surface area contributed by atoms with Crippen LogP contribution in [0.2, 0.25) is 0 Å². The van der Waals surface area contributed by atoms with Gasteiger partial charge in [-0.3, -0.25) is 9.78 Å². The molecule has 0 aliphatic heterocycles. The third-order valence-electron chi connectivity index (χ3n) is 1.86. The molecule has 2 aromatic heterocycles. The van der Waals surface area contributed by atoms with E-state index in [4.69, 9.17) is 5.11 Å². The maximum atomic E-state index is 11.7. The van der Waals surface area contributed by atoms with Crippen molar-refractivity contribution in [1.29, 1.82) is 0 Å². The zero-order chi connectivity index (χ0) is 12.3. The molecule has 2 aromatic rings. The van der Waals surface area contributed by atoms with Gasteiger partial charge in [-0.1, -0.05) is 0 Å². The molecule has 0 atom stereocenters. The van der Waals surface area contributed by atoms with Gasteiger partial charge in [0.2, 0.25) is 0 Å². The van der Waals surface area contributed by atoms with Crippen LogP contribution in [0, 0.1) is 0 Å². The summed E-state index contributed by atoms with van der Waals surface area (Å²) in [5, 5.41) is 12.7. The lowest BCUT2D eigenvalue weighted by Crippen LogP contribution is -2.12. The first kappa shape index (κ1) is 11.2. The summed E-state index contributed by atoms with van der Waals surface area (Å²) in [7, 11) is 0. The number of carbonyl (C=O) groups is 2. The number of amides is 1. The molecule has 0 saturated heterocycles. The van der Waals surface area contributed by atoms with Crippen molar-refractivity contribution in [3.8, 4) is 0 Å². The molecule has 2 heterocycles. The van der Waals surface area contributed by atoms with Gasteiger partial charge in [-0.25, -0.2) is 9.78 Å². The number of carbonyl (C=O) groups excluding carboxylic acids is 1. The van der Waals surface area contributed by atoms with E-state index in [-0.39, 0.29) is 10.7 Å². The van der Waals surface area contributed by atoms with Crippen LogP contribution < -0.4 is 5.32 Å². The van der Waals surface area contributed by atoms with Crippen molar-refractivity contribution in [2.24, 2.45) is 0 Å². The summed E-state index contributed by atoms with van der Waals surface area (Å²) in [6.45, 7) is 0.